The molecule has 0 radical (unpaired) electrons. The highest BCUT2D eigenvalue weighted by molar-refractivity contribution is 6.14. The number of hydrogen-bond donors (Lipinski definition) is 2. The quantitative estimate of drug-likeness (QED) is 0.264. The third kappa shape index (κ3) is 7.24. The van der Waals surface area contributed by atoms with Gasteiger partial charge in [-0.25, -0.2) is 14.6 Å². The molecule has 0 saturated carbocycles. The maximum Gasteiger partial charge on any atom is 0.339 e. The van der Waals surface area contributed by atoms with Crippen molar-refractivity contribution >= 4 is 30.1 Å². The average molecular weight is 677 g/mol. The molecule has 0 aliphatic carbocycles. The Morgan fingerprint density at radius 2 is 1.60 bits per heavy atom. The molecule has 0 bridgehead atoms. The van der Waals surface area contributed by atoms with E-state index in [9.17, 15) is 9.59 Å². The van der Waals surface area contributed by atoms with E-state index >= 15 is 0 Å². The Kier molecular flexibility index (Phi) is 10.7. The molecule has 4 amide bonds. The van der Waals surface area contributed by atoms with E-state index in [4.69, 9.17) is 20.3 Å². The van der Waals surface area contributed by atoms with E-state index in [1.165, 1.54) is 0 Å². The highest BCUT2D eigenvalue weighted by Gasteiger charge is 2.32. The number of carbonyl (C=O) groups is 2. The Balaban J connectivity index is 0.000000288. The van der Waals surface area contributed by atoms with Crippen molar-refractivity contribution < 1.29 is 19.1 Å². The number of primary amides is 1. The number of urea groups is 2. The zero-order valence-electron chi connectivity index (χ0n) is 29.8. The van der Waals surface area contributed by atoms with Gasteiger partial charge in [0, 0.05) is 48.2 Å². The van der Waals surface area contributed by atoms with Gasteiger partial charge in [-0.05, 0) is 61.1 Å². The van der Waals surface area contributed by atoms with Gasteiger partial charge in [0.1, 0.15) is 0 Å². The number of hydrogen-bond acceptors (Lipinski definition) is 7. The van der Waals surface area contributed by atoms with Crippen LogP contribution in [0.5, 0.6) is 11.5 Å². The molecule has 0 saturated heterocycles. The monoisotopic (exact) mass is 676 g/mol. The number of rotatable bonds is 5. The highest BCUT2D eigenvalue weighted by Crippen LogP contribution is 2.36. The lowest BCUT2D eigenvalue weighted by molar-refractivity contribution is 0.160. The number of carbonyl (C=O) groups excluding carboxylic acids is 2. The summed E-state index contributed by atoms with van der Waals surface area (Å²) in [5, 5.41) is 18.9. The standard InChI is InChI=1S/C28H35N5O3.C10H9N3O/c1-16(2)23-13-21-14-24(35-7)25(36-8)15-22(21)27(31-33(23)28(34)29-5)20-11-9-19(10-12-20)26-17(3)30-32(6)18(26)4;11-10(14)13-6-5-8-3-1-2-4-9(8)7-12-13/h9-12,14-16,23H,13H2,1-8H3,(H,29,34);1-7H,(H2,11,14). The lowest BCUT2D eigenvalue weighted by Crippen LogP contribution is -2.45. The molecule has 260 valence electrons. The van der Waals surface area contributed by atoms with Crippen LogP contribution in [-0.2, 0) is 13.5 Å². The normalized spacial score (nSPS) is 14.8. The molecule has 6 rings (SSSR count). The minimum absolute atomic E-state index is 0.126. The Morgan fingerprint density at radius 3 is 2.18 bits per heavy atom. The Hall–Kier alpha value is -5.91. The minimum atomic E-state index is -0.592. The zero-order valence-corrected chi connectivity index (χ0v) is 29.8. The van der Waals surface area contributed by atoms with Gasteiger partial charge < -0.3 is 20.5 Å². The van der Waals surface area contributed by atoms with E-state index < -0.39 is 6.03 Å². The number of aryl methyl sites for hydroxylation is 2. The second kappa shape index (κ2) is 15.1. The van der Waals surface area contributed by atoms with Crippen LogP contribution in [0.3, 0.4) is 0 Å². The SMILES string of the molecule is CNC(=O)N1N=C(c2ccc(-c3c(C)nn(C)c3C)cc2)c2cc(OC)c(OC)cc2CC1C(C)C.NC(=O)N1C=Cc2ccccc2C=N1. The number of amides is 4. The molecule has 1 atom stereocenters. The van der Waals surface area contributed by atoms with E-state index in [2.05, 4.69) is 60.6 Å². The number of hydrazone groups is 2. The van der Waals surface area contributed by atoms with Gasteiger partial charge in [0.25, 0.3) is 0 Å². The molecule has 12 heteroatoms. The van der Waals surface area contributed by atoms with Crippen molar-refractivity contribution in [2.24, 2.45) is 28.9 Å². The number of nitrogens with zero attached hydrogens (tertiary/aromatic N) is 6. The van der Waals surface area contributed by atoms with Crippen molar-refractivity contribution in [1.29, 1.82) is 0 Å². The molecule has 3 N–H and O–H groups in total. The van der Waals surface area contributed by atoms with Crippen LogP contribution in [0.25, 0.3) is 17.2 Å². The van der Waals surface area contributed by atoms with Gasteiger partial charge in [-0.1, -0.05) is 62.4 Å². The molecule has 4 aromatic rings. The molecule has 3 heterocycles. The largest absolute Gasteiger partial charge is 0.493 e. The first-order valence-corrected chi connectivity index (χ1v) is 16.3. The first-order valence-electron chi connectivity index (χ1n) is 16.3. The fourth-order valence-corrected chi connectivity index (χ4v) is 6.11. The molecule has 0 fully saturated rings. The number of ether oxygens (including phenoxy) is 2. The van der Waals surface area contributed by atoms with Crippen LogP contribution in [-0.4, -0.2) is 71.1 Å². The summed E-state index contributed by atoms with van der Waals surface area (Å²) in [6.07, 6.45) is 5.60. The lowest BCUT2D eigenvalue weighted by Gasteiger charge is -2.29. The summed E-state index contributed by atoms with van der Waals surface area (Å²) in [5.74, 6) is 1.46. The van der Waals surface area contributed by atoms with Gasteiger partial charge in [-0.3, -0.25) is 4.68 Å². The maximum absolute atomic E-state index is 13.0. The van der Waals surface area contributed by atoms with E-state index in [-0.39, 0.29) is 18.0 Å². The average Bonchev–Trinajstić information content (AvgIpc) is 3.28. The van der Waals surface area contributed by atoms with E-state index in [1.807, 2.05) is 55.1 Å². The minimum Gasteiger partial charge on any atom is -0.493 e. The van der Waals surface area contributed by atoms with E-state index in [0.717, 1.165) is 55.3 Å². The molecule has 1 unspecified atom stereocenters. The molecule has 12 nitrogen and oxygen atoms in total. The van der Waals surface area contributed by atoms with E-state index in [1.54, 1.807) is 44.8 Å². The van der Waals surface area contributed by atoms with E-state index in [0.29, 0.717) is 23.6 Å². The summed E-state index contributed by atoms with van der Waals surface area (Å²) >= 11 is 0. The molecular weight excluding hydrogens is 632 g/mol. The Morgan fingerprint density at radius 1 is 0.960 bits per heavy atom. The van der Waals surface area contributed by atoms with Gasteiger partial charge in [0.05, 0.1) is 37.9 Å². The van der Waals surface area contributed by atoms with Crippen LogP contribution in [0.1, 0.15) is 53.1 Å². The molecule has 0 spiro atoms. The maximum atomic E-state index is 13.0. The summed E-state index contributed by atoms with van der Waals surface area (Å²) < 4.78 is 13.1. The van der Waals surface area contributed by atoms with Crippen molar-refractivity contribution in [2.75, 3.05) is 21.3 Å². The number of benzene rings is 3. The second-order valence-electron chi connectivity index (χ2n) is 12.3. The lowest BCUT2D eigenvalue weighted by atomic mass is 9.90. The van der Waals surface area contributed by atoms with Crippen molar-refractivity contribution in [3.05, 3.63) is 106 Å². The molecule has 50 heavy (non-hydrogen) atoms. The fourth-order valence-electron chi connectivity index (χ4n) is 6.11. The molecule has 2 aliphatic rings. The summed E-state index contributed by atoms with van der Waals surface area (Å²) in [4.78, 5) is 23.8. The van der Waals surface area contributed by atoms with Gasteiger partial charge >= 0.3 is 12.1 Å². The van der Waals surface area contributed by atoms with Crippen LogP contribution in [0.4, 0.5) is 9.59 Å². The van der Waals surface area contributed by atoms with Crippen molar-refractivity contribution in [3.63, 3.8) is 0 Å². The number of aromatic nitrogens is 2. The molecular formula is C38H44N8O4. The van der Waals surface area contributed by atoms with Crippen molar-refractivity contribution in [3.8, 4) is 22.6 Å². The summed E-state index contributed by atoms with van der Waals surface area (Å²) in [5.41, 5.74) is 15.0. The predicted molar refractivity (Wildman–Crippen MR) is 196 cm³/mol. The van der Waals surface area contributed by atoms with Crippen LogP contribution in [0.2, 0.25) is 0 Å². The smallest absolute Gasteiger partial charge is 0.339 e. The van der Waals surface area contributed by atoms with Gasteiger partial charge in [0.2, 0.25) is 0 Å². The van der Waals surface area contributed by atoms with Gasteiger partial charge in [-0.2, -0.15) is 20.3 Å². The number of methoxy groups -OCH3 is 2. The van der Waals surface area contributed by atoms with Crippen LogP contribution >= 0.6 is 0 Å². The van der Waals surface area contributed by atoms with Crippen LogP contribution in [0.15, 0.2) is 77.1 Å². The third-order valence-corrected chi connectivity index (χ3v) is 8.90. The highest BCUT2D eigenvalue weighted by atomic mass is 16.5. The Labute approximate surface area is 292 Å². The third-order valence-electron chi connectivity index (χ3n) is 8.90. The number of fused-ring (bicyclic) bond motifs is 2. The van der Waals surface area contributed by atoms with Crippen molar-refractivity contribution in [2.45, 2.75) is 40.2 Å². The van der Waals surface area contributed by atoms with Gasteiger partial charge in [0.15, 0.2) is 11.5 Å². The van der Waals surface area contributed by atoms with Crippen LogP contribution < -0.4 is 20.5 Å². The molecule has 1 aromatic heterocycles. The molecule has 3 aromatic carbocycles. The van der Waals surface area contributed by atoms with Crippen LogP contribution in [0, 0.1) is 19.8 Å². The van der Waals surface area contributed by atoms with Gasteiger partial charge in [-0.15, -0.1) is 0 Å². The molecule has 2 aliphatic heterocycles. The predicted octanol–water partition coefficient (Wildman–Crippen LogP) is 6.08. The summed E-state index contributed by atoms with van der Waals surface area (Å²) in [6.45, 7) is 8.31. The zero-order chi connectivity index (χ0) is 36.1. The first kappa shape index (κ1) is 35.4. The number of nitrogens with two attached hydrogens (primary N) is 1. The second-order valence-corrected chi connectivity index (χ2v) is 12.3. The number of nitrogens with one attached hydrogen (secondary N) is 1. The van der Waals surface area contributed by atoms with Crippen molar-refractivity contribution in [1.82, 2.24) is 25.1 Å². The topological polar surface area (TPSA) is 140 Å². The fraction of sp³-hybridized carbons (Fsp3) is 0.289. The first-order chi connectivity index (χ1) is 24.0. The summed E-state index contributed by atoms with van der Waals surface area (Å²) in [6, 6.07) is 19.0. The summed E-state index contributed by atoms with van der Waals surface area (Å²) in [7, 11) is 6.84. The Bertz CT molecular complexity index is 1940.